The quantitative estimate of drug-likeness (QED) is 0.750. The van der Waals surface area contributed by atoms with Crippen LogP contribution < -0.4 is 10.6 Å². The van der Waals surface area contributed by atoms with Crippen LogP contribution in [0.4, 0.5) is 0 Å². The van der Waals surface area contributed by atoms with Crippen molar-refractivity contribution in [3.05, 3.63) is 23.5 Å². The van der Waals surface area contributed by atoms with Crippen LogP contribution in [0.2, 0.25) is 0 Å². The van der Waals surface area contributed by atoms with Gasteiger partial charge in [0.25, 0.3) is 5.91 Å². The Labute approximate surface area is 95.0 Å². The van der Waals surface area contributed by atoms with Crippen LogP contribution in [0.3, 0.4) is 0 Å². The minimum absolute atomic E-state index is 0.0648. The van der Waals surface area contributed by atoms with Crippen molar-refractivity contribution in [2.75, 3.05) is 13.1 Å². The summed E-state index contributed by atoms with van der Waals surface area (Å²) in [4.78, 5) is 12.0. The molecular formula is C12H17N3O. The standard InChI is InChI=1S/C12H17N3O/c1-7-3-4-10(15(7)2)12(16)14-11-8-5-13-6-9(8)11/h3-4,8-9,11,13H,5-6H2,1-2H3,(H,14,16). The number of hydrogen-bond acceptors (Lipinski definition) is 2. The number of nitrogens with zero attached hydrogens (tertiary/aromatic N) is 1. The maximum Gasteiger partial charge on any atom is 0.268 e. The molecule has 16 heavy (non-hydrogen) atoms. The largest absolute Gasteiger partial charge is 0.347 e. The lowest BCUT2D eigenvalue weighted by Crippen LogP contribution is -2.33. The van der Waals surface area contributed by atoms with E-state index < -0.39 is 0 Å². The number of rotatable bonds is 2. The third-order valence-electron chi connectivity index (χ3n) is 3.99. The Morgan fingerprint density at radius 3 is 2.69 bits per heavy atom. The Balaban J connectivity index is 1.68. The van der Waals surface area contributed by atoms with E-state index in [-0.39, 0.29) is 5.91 Å². The molecule has 1 aliphatic carbocycles. The highest BCUT2D eigenvalue weighted by Gasteiger charge is 2.53. The van der Waals surface area contributed by atoms with Gasteiger partial charge in [0.2, 0.25) is 0 Å². The molecule has 0 spiro atoms. The van der Waals surface area contributed by atoms with Crippen molar-refractivity contribution in [2.45, 2.75) is 13.0 Å². The second kappa shape index (κ2) is 3.35. The fraction of sp³-hybridized carbons (Fsp3) is 0.583. The van der Waals surface area contributed by atoms with E-state index in [2.05, 4.69) is 10.6 Å². The molecule has 0 radical (unpaired) electrons. The third kappa shape index (κ3) is 1.37. The fourth-order valence-corrected chi connectivity index (χ4v) is 2.70. The molecule has 4 heteroatoms. The van der Waals surface area contributed by atoms with E-state index in [1.807, 2.05) is 30.7 Å². The zero-order valence-corrected chi connectivity index (χ0v) is 9.66. The first-order valence-corrected chi connectivity index (χ1v) is 5.82. The van der Waals surface area contributed by atoms with Crippen LogP contribution in [0.5, 0.6) is 0 Å². The van der Waals surface area contributed by atoms with Crippen LogP contribution in [0.1, 0.15) is 16.2 Å². The average molecular weight is 219 g/mol. The highest BCUT2D eigenvalue weighted by Crippen LogP contribution is 2.41. The molecule has 2 heterocycles. The first-order valence-electron chi connectivity index (χ1n) is 5.82. The summed E-state index contributed by atoms with van der Waals surface area (Å²) in [5.74, 6) is 1.41. The summed E-state index contributed by atoms with van der Waals surface area (Å²) in [7, 11) is 1.93. The van der Waals surface area contributed by atoms with Crippen molar-refractivity contribution in [3.63, 3.8) is 0 Å². The molecule has 1 aliphatic heterocycles. The summed E-state index contributed by atoms with van der Waals surface area (Å²) in [6, 6.07) is 4.27. The van der Waals surface area contributed by atoms with Gasteiger partial charge < -0.3 is 15.2 Å². The molecular weight excluding hydrogens is 202 g/mol. The number of aromatic nitrogens is 1. The molecule has 2 atom stereocenters. The molecule has 2 unspecified atom stereocenters. The first kappa shape index (κ1) is 9.90. The van der Waals surface area contributed by atoms with E-state index in [0.717, 1.165) is 24.5 Å². The van der Waals surface area contributed by atoms with Crippen LogP contribution in [0, 0.1) is 18.8 Å². The van der Waals surface area contributed by atoms with Crippen LogP contribution in [0.15, 0.2) is 12.1 Å². The van der Waals surface area contributed by atoms with Crippen molar-refractivity contribution in [2.24, 2.45) is 18.9 Å². The summed E-state index contributed by atoms with van der Waals surface area (Å²) in [5, 5.41) is 6.45. The molecule has 2 N–H and O–H groups in total. The minimum atomic E-state index is 0.0648. The van der Waals surface area contributed by atoms with Crippen LogP contribution in [-0.2, 0) is 7.05 Å². The number of piperidine rings is 1. The predicted octanol–water partition coefficient (Wildman–Crippen LogP) is 0.281. The Bertz CT molecular complexity index is 427. The number of hydrogen-bond donors (Lipinski definition) is 2. The summed E-state index contributed by atoms with van der Waals surface area (Å²) in [5.41, 5.74) is 1.87. The second-order valence-electron chi connectivity index (χ2n) is 4.90. The molecule has 1 aromatic rings. The topological polar surface area (TPSA) is 46.1 Å². The molecule has 0 bridgehead atoms. The Morgan fingerprint density at radius 2 is 2.12 bits per heavy atom. The molecule has 3 rings (SSSR count). The lowest BCUT2D eigenvalue weighted by atomic mass is 10.3. The summed E-state index contributed by atoms with van der Waals surface area (Å²) < 4.78 is 1.94. The van der Waals surface area contributed by atoms with Crippen molar-refractivity contribution < 1.29 is 4.79 Å². The van der Waals surface area contributed by atoms with E-state index in [1.54, 1.807) is 0 Å². The van der Waals surface area contributed by atoms with E-state index in [4.69, 9.17) is 0 Å². The zero-order chi connectivity index (χ0) is 11.3. The fourth-order valence-electron chi connectivity index (χ4n) is 2.70. The van der Waals surface area contributed by atoms with Gasteiger partial charge in [0.15, 0.2) is 0 Å². The Hall–Kier alpha value is -1.29. The third-order valence-corrected chi connectivity index (χ3v) is 3.99. The number of fused-ring (bicyclic) bond motifs is 1. The summed E-state index contributed by atoms with van der Waals surface area (Å²) in [6.07, 6.45) is 0. The predicted molar refractivity (Wildman–Crippen MR) is 61.3 cm³/mol. The minimum Gasteiger partial charge on any atom is -0.347 e. The molecule has 1 aromatic heterocycles. The van der Waals surface area contributed by atoms with Gasteiger partial charge in [-0.25, -0.2) is 0 Å². The van der Waals surface area contributed by atoms with Crippen LogP contribution in [-0.4, -0.2) is 29.6 Å². The van der Waals surface area contributed by atoms with Crippen LogP contribution in [0.25, 0.3) is 0 Å². The van der Waals surface area contributed by atoms with Crippen molar-refractivity contribution >= 4 is 5.91 Å². The van der Waals surface area contributed by atoms with Gasteiger partial charge in [0.05, 0.1) is 0 Å². The van der Waals surface area contributed by atoms with Gasteiger partial charge in [-0.3, -0.25) is 4.79 Å². The summed E-state index contributed by atoms with van der Waals surface area (Å²) in [6.45, 7) is 4.12. The smallest absolute Gasteiger partial charge is 0.268 e. The molecule has 2 fully saturated rings. The maximum atomic E-state index is 12.0. The molecule has 2 aliphatic rings. The van der Waals surface area contributed by atoms with Gasteiger partial charge in [-0.1, -0.05) is 0 Å². The SMILES string of the molecule is Cc1ccc(C(=O)NC2C3CNCC32)n1C. The molecule has 86 valence electrons. The van der Waals surface area contributed by atoms with E-state index in [0.29, 0.717) is 17.9 Å². The monoisotopic (exact) mass is 219 g/mol. The molecule has 1 saturated carbocycles. The number of amides is 1. The van der Waals surface area contributed by atoms with Gasteiger partial charge in [0, 0.05) is 31.9 Å². The van der Waals surface area contributed by atoms with Crippen molar-refractivity contribution in [1.82, 2.24) is 15.2 Å². The van der Waals surface area contributed by atoms with Gasteiger partial charge >= 0.3 is 0 Å². The van der Waals surface area contributed by atoms with Gasteiger partial charge in [-0.2, -0.15) is 0 Å². The molecule has 1 saturated heterocycles. The molecule has 4 nitrogen and oxygen atoms in total. The lowest BCUT2D eigenvalue weighted by molar-refractivity contribution is 0.0938. The highest BCUT2D eigenvalue weighted by atomic mass is 16.2. The average Bonchev–Trinajstić information content (AvgIpc) is 2.68. The van der Waals surface area contributed by atoms with Crippen molar-refractivity contribution in [3.8, 4) is 0 Å². The Kier molecular flexibility index (Phi) is 2.07. The summed E-state index contributed by atoms with van der Waals surface area (Å²) >= 11 is 0. The van der Waals surface area contributed by atoms with Gasteiger partial charge in [-0.05, 0) is 30.9 Å². The van der Waals surface area contributed by atoms with E-state index in [1.165, 1.54) is 0 Å². The lowest BCUT2D eigenvalue weighted by Gasteiger charge is -2.09. The van der Waals surface area contributed by atoms with Crippen LogP contribution >= 0.6 is 0 Å². The number of carbonyl (C=O) groups excluding carboxylic acids is 1. The number of aryl methyl sites for hydroxylation is 1. The zero-order valence-electron chi connectivity index (χ0n) is 9.66. The first-order chi connectivity index (χ1) is 7.68. The number of nitrogens with one attached hydrogen (secondary N) is 2. The maximum absolute atomic E-state index is 12.0. The van der Waals surface area contributed by atoms with E-state index >= 15 is 0 Å². The molecule has 1 amide bonds. The Morgan fingerprint density at radius 1 is 1.44 bits per heavy atom. The van der Waals surface area contributed by atoms with Crippen molar-refractivity contribution in [1.29, 1.82) is 0 Å². The normalized spacial score (nSPS) is 31.2. The highest BCUT2D eigenvalue weighted by molar-refractivity contribution is 5.93. The molecule has 0 aromatic carbocycles. The number of carbonyl (C=O) groups is 1. The van der Waals surface area contributed by atoms with Gasteiger partial charge in [-0.15, -0.1) is 0 Å². The van der Waals surface area contributed by atoms with Gasteiger partial charge in [0.1, 0.15) is 5.69 Å². The van der Waals surface area contributed by atoms with E-state index in [9.17, 15) is 4.79 Å². The second-order valence-corrected chi connectivity index (χ2v) is 4.90.